The highest BCUT2D eigenvalue weighted by atomic mass is 19.4. The number of alkyl halides is 11. The number of ether oxygens (including phenoxy) is 4. The van der Waals surface area contributed by atoms with Gasteiger partial charge >= 0.3 is 36.5 Å². The SMILES string of the molecule is C=CCC(CC=C)(CCC(=O)COCC(F)(F)OC(F)(F)C(F)(F)F)CCC(CC=C)(CC=C)CNC(=O)C(F)(F)OC(F)(F)COCC. The van der Waals surface area contributed by atoms with Gasteiger partial charge in [-0.15, -0.1) is 26.3 Å². The average Bonchev–Trinajstić information content (AvgIpc) is 2.95. The first kappa shape index (κ1) is 46.2. The predicted octanol–water partition coefficient (Wildman–Crippen LogP) is 8.53. The van der Waals surface area contributed by atoms with Crippen molar-refractivity contribution < 1.29 is 76.8 Å². The molecule has 0 aromatic heterocycles. The zero-order valence-electron chi connectivity index (χ0n) is 26.9. The molecule has 18 heteroatoms. The third-order valence-corrected chi connectivity index (χ3v) is 7.21. The van der Waals surface area contributed by atoms with E-state index >= 15 is 0 Å². The molecule has 0 aliphatic carbocycles. The number of hydrogen-bond donors (Lipinski definition) is 1. The normalized spacial score (nSPS) is 13.6. The van der Waals surface area contributed by atoms with Crippen LogP contribution in [0.5, 0.6) is 0 Å². The second-order valence-corrected chi connectivity index (χ2v) is 11.3. The van der Waals surface area contributed by atoms with Gasteiger partial charge in [0.1, 0.15) is 19.8 Å². The summed E-state index contributed by atoms with van der Waals surface area (Å²) in [6.45, 7) is 10.6. The van der Waals surface area contributed by atoms with Crippen molar-refractivity contribution in [3.8, 4) is 0 Å². The molecule has 0 saturated carbocycles. The second kappa shape index (κ2) is 19.5. The molecule has 0 aromatic rings. The van der Waals surface area contributed by atoms with Crippen molar-refractivity contribution in [3.63, 3.8) is 0 Å². The molecule has 0 spiro atoms. The number of nitrogens with one attached hydrogen (secondary N) is 1. The van der Waals surface area contributed by atoms with E-state index in [1.54, 1.807) is 0 Å². The van der Waals surface area contributed by atoms with E-state index in [1.165, 1.54) is 31.2 Å². The lowest BCUT2D eigenvalue weighted by molar-refractivity contribution is -0.460. The van der Waals surface area contributed by atoms with Crippen molar-refractivity contribution in [1.29, 1.82) is 0 Å². The summed E-state index contributed by atoms with van der Waals surface area (Å²) in [5.41, 5.74) is -1.87. The summed E-state index contributed by atoms with van der Waals surface area (Å²) in [7, 11) is 0. The molecule has 49 heavy (non-hydrogen) atoms. The van der Waals surface area contributed by atoms with Crippen LogP contribution in [0, 0.1) is 10.8 Å². The Balaban J connectivity index is 5.73. The van der Waals surface area contributed by atoms with Crippen LogP contribution in [0.15, 0.2) is 50.6 Å². The van der Waals surface area contributed by atoms with E-state index in [2.05, 4.69) is 45.3 Å². The number of allylic oxidation sites excluding steroid dienone is 4. The molecule has 0 fully saturated rings. The molecule has 0 aliphatic rings. The fourth-order valence-corrected chi connectivity index (χ4v) is 4.78. The summed E-state index contributed by atoms with van der Waals surface area (Å²) in [5.74, 6) is -2.97. The Labute approximate surface area is 277 Å². The zero-order chi connectivity index (χ0) is 38.2. The number of carbonyl (C=O) groups excluding carboxylic acids is 2. The van der Waals surface area contributed by atoms with Crippen molar-refractivity contribution in [2.45, 2.75) is 88.9 Å². The molecule has 0 unspecified atom stereocenters. The Morgan fingerprint density at radius 1 is 0.653 bits per heavy atom. The Hall–Kier alpha value is -2.83. The molecule has 1 N–H and O–H groups in total. The lowest BCUT2D eigenvalue weighted by atomic mass is 9.67. The minimum Gasteiger partial charge on any atom is -0.373 e. The molecule has 0 radical (unpaired) electrons. The summed E-state index contributed by atoms with van der Waals surface area (Å²) in [4.78, 5) is 24.7. The lowest BCUT2D eigenvalue weighted by Gasteiger charge is -2.39. The van der Waals surface area contributed by atoms with Gasteiger partial charge in [0.15, 0.2) is 5.78 Å². The summed E-state index contributed by atoms with van der Waals surface area (Å²) in [6.07, 6.45) is -20.5. The van der Waals surface area contributed by atoms with Gasteiger partial charge < -0.3 is 14.8 Å². The van der Waals surface area contributed by atoms with E-state index in [9.17, 15) is 57.9 Å². The smallest absolute Gasteiger partial charge is 0.373 e. The number of amides is 1. The van der Waals surface area contributed by atoms with E-state index in [1.807, 2.05) is 5.32 Å². The van der Waals surface area contributed by atoms with E-state index in [0.29, 0.717) is 0 Å². The standard InChI is InChI=1S/C31H42F11NO6/c1-6-12-25(13-7-2,16-11-23(44)19-47-22-28(34,35)49-31(41,42)30(38,39)40)17-18-26(14-8-3,15-9-4)20-43-24(45)29(36,37)48-27(32,33)21-46-10-5/h6-9H,1-4,10-22H2,5H3,(H,43,45). The Morgan fingerprint density at radius 2 is 1.10 bits per heavy atom. The first-order chi connectivity index (χ1) is 22.4. The highest BCUT2D eigenvalue weighted by molar-refractivity contribution is 5.82. The molecule has 284 valence electrons. The fraction of sp³-hybridized carbons (Fsp3) is 0.677. The average molecular weight is 734 g/mol. The summed E-state index contributed by atoms with van der Waals surface area (Å²) >= 11 is 0. The molecule has 7 nitrogen and oxygen atoms in total. The van der Waals surface area contributed by atoms with E-state index in [-0.39, 0.29) is 58.0 Å². The van der Waals surface area contributed by atoms with Crippen LogP contribution in [0.4, 0.5) is 48.3 Å². The van der Waals surface area contributed by atoms with E-state index in [0.717, 1.165) is 0 Å². The van der Waals surface area contributed by atoms with Crippen LogP contribution in [0.1, 0.15) is 58.3 Å². The Bertz CT molecular complexity index is 1080. The number of hydrogen-bond acceptors (Lipinski definition) is 6. The van der Waals surface area contributed by atoms with Crippen LogP contribution in [-0.4, -0.2) is 75.3 Å². The van der Waals surface area contributed by atoms with Crippen LogP contribution in [0.3, 0.4) is 0 Å². The fourth-order valence-electron chi connectivity index (χ4n) is 4.78. The minimum absolute atomic E-state index is 0.0255. The number of carbonyl (C=O) groups is 2. The van der Waals surface area contributed by atoms with Crippen molar-refractivity contribution in [3.05, 3.63) is 50.6 Å². The van der Waals surface area contributed by atoms with Gasteiger partial charge in [-0.25, -0.2) is 9.47 Å². The van der Waals surface area contributed by atoms with Gasteiger partial charge in [0.25, 0.3) is 0 Å². The first-order valence-electron chi connectivity index (χ1n) is 14.8. The van der Waals surface area contributed by atoms with Gasteiger partial charge in [-0.05, 0) is 62.7 Å². The Kier molecular flexibility index (Phi) is 18.4. The molecule has 0 aromatic carbocycles. The number of Topliss-reactive ketones (excluding diaryl/α,β-unsaturated/α-hetero) is 1. The van der Waals surface area contributed by atoms with Gasteiger partial charge in [-0.1, -0.05) is 24.3 Å². The van der Waals surface area contributed by atoms with Gasteiger partial charge in [-0.2, -0.15) is 48.3 Å². The molecule has 0 bridgehead atoms. The van der Waals surface area contributed by atoms with Crippen molar-refractivity contribution in [2.75, 3.05) is 33.0 Å². The van der Waals surface area contributed by atoms with Crippen molar-refractivity contribution >= 4 is 11.7 Å². The molecule has 0 saturated heterocycles. The quantitative estimate of drug-likeness (QED) is 0.0642. The van der Waals surface area contributed by atoms with Crippen LogP contribution in [0.25, 0.3) is 0 Å². The predicted molar refractivity (Wildman–Crippen MR) is 156 cm³/mol. The summed E-state index contributed by atoms with van der Waals surface area (Å²) in [5, 5.41) is 1.94. The Morgan fingerprint density at radius 3 is 1.57 bits per heavy atom. The van der Waals surface area contributed by atoms with Crippen molar-refractivity contribution in [2.24, 2.45) is 10.8 Å². The zero-order valence-corrected chi connectivity index (χ0v) is 26.9. The third-order valence-electron chi connectivity index (χ3n) is 7.21. The highest BCUT2D eigenvalue weighted by Crippen LogP contribution is 2.44. The molecule has 0 rings (SSSR count). The van der Waals surface area contributed by atoms with Gasteiger partial charge in [-0.3, -0.25) is 9.59 Å². The monoisotopic (exact) mass is 733 g/mol. The van der Waals surface area contributed by atoms with Crippen molar-refractivity contribution in [1.82, 2.24) is 5.32 Å². The maximum Gasteiger partial charge on any atom is 0.483 e. The van der Waals surface area contributed by atoms with Crippen LogP contribution < -0.4 is 5.32 Å². The largest absolute Gasteiger partial charge is 0.483 e. The van der Waals surface area contributed by atoms with Crippen LogP contribution in [0.2, 0.25) is 0 Å². The lowest BCUT2D eigenvalue weighted by Crippen LogP contribution is -2.50. The maximum atomic E-state index is 14.3. The molecule has 1 amide bonds. The topological polar surface area (TPSA) is 83.1 Å². The summed E-state index contributed by atoms with van der Waals surface area (Å²) in [6, 6.07) is 0. The van der Waals surface area contributed by atoms with Gasteiger partial charge in [0.2, 0.25) is 0 Å². The minimum atomic E-state index is -6.42. The van der Waals surface area contributed by atoms with Gasteiger partial charge in [0.05, 0.1) is 0 Å². The molecular weight excluding hydrogens is 691 g/mol. The number of halogens is 11. The third kappa shape index (κ3) is 16.6. The van der Waals surface area contributed by atoms with Crippen LogP contribution in [-0.2, 0) is 28.5 Å². The molecular formula is C31H42F11NO6. The molecule has 0 atom stereocenters. The van der Waals surface area contributed by atoms with E-state index in [4.69, 9.17) is 0 Å². The maximum absolute atomic E-state index is 14.3. The van der Waals surface area contributed by atoms with Gasteiger partial charge in [0, 0.05) is 19.6 Å². The first-order valence-corrected chi connectivity index (χ1v) is 14.8. The highest BCUT2D eigenvalue weighted by Gasteiger charge is 2.64. The number of rotatable bonds is 28. The van der Waals surface area contributed by atoms with E-state index < -0.39 is 79.5 Å². The molecule has 0 heterocycles. The van der Waals surface area contributed by atoms with Crippen LogP contribution >= 0.6 is 0 Å². The molecule has 0 aliphatic heterocycles. The summed E-state index contributed by atoms with van der Waals surface area (Å²) < 4.78 is 160. The second-order valence-electron chi connectivity index (χ2n) is 11.3. The number of ketones is 1.